The second-order valence-corrected chi connectivity index (χ2v) is 6.04. The molecule has 4 nitrogen and oxygen atoms in total. The number of para-hydroxylation sites is 1. The van der Waals surface area contributed by atoms with Crippen molar-refractivity contribution in [2.45, 2.75) is 19.1 Å². The zero-order valence-corrected chi connectivity index (χ0v) is 14.0. The lowest BCUT2D eigenvalue weighted by Crippen LogP contribution is -2.35. The number of carbonyl (C=O) groups is 1. The highest BCUT2D eigenvalue weighted by Gasteiger charge is 2.19. The van der Waals surface area contributed by atoms with Gasteiger partial charge in [-0.05, 0) is 23.8 Å². The smallest absolute Gasteiger partial charge is 0.249 e. The molecule has 25 heavy (non-hydrogen) atoms. The molecule has 1 aromatic heterocycles. The molecule has 0 bridgehead atoms. The first-order valence-corrected chi connectivity index (χ1v) is 8.15. The first kappa shape index (κ1) is 17.3. The van der Waals surface area contributed by atoms with E-state index < -0.39 is 17.8 Å². The Hall–Kier alpha value is -2.50. The van der Waals surface area contributed by atoms with E-state index in [-0.39, 0.29) is 23.6 Å². The minimum Gasteiger partial charge on any atom is -0.383 e. The summed E-state index contributed by atoms with van der Waals surface area (Å²) in [6.45, 7) is 0.218. The van der Waals surface area contributed by atoms with Gasteiger partial charge in [0.25, 0.3) is 0 Å². The van der Waals surface area contributed by atoms with E-state index in [0.29, 0.717) is 0 Å². The number of aliphatic hydroxyl groups excluding tert-OH is 1. The minimum atomic E-state index is -1.39. The van der Waals surface area contributed by atoms with Gasteiger partial charge in [0.15, 0.2) is 0 Å². The quantitative estimate of drug-likeness (QED) is 0.736. The summed E-state index contributed by atoms with van der Waals surface area (Å²) in [5.74, 6) is -1.13. The van der Waals surface area contributed by atoms with Crippen LogP contribution in [0.15, 0.2) is 54.7 Å². The Balaban J connectivity index is 1.68. The lowest BCUT2D eigenvalue weighted by Gasteiger charge is -2.13. The maximum Gasteiger partial charge on any atom is 0.249 e. The summed E-state index contributed by atoms with van der Waals surface area (Å²) >= 11 is 5.93. The van der Waals surface area contributed by atoms with E-state index in [0.717, 1.165) is 16.5 Å². The summed E-state index contributed by atoms with van der Waals surface area (Å²) in [6.07, 6.45) is 0.103. The Morgan fingerprint density at radius 1 is 1.20 bits per heavy atom. The van der Waals surface area contributed by atoms with Crippen molar-refractivity contribution in [2.24, 2.45) is 0 Å². The molecule has 0 saturated heterocycles. The average molecular weight is 359 g/mol. The molecule has 1 heterocycles. The summed E-state index contributed by atoms with van der Waals surface area (Å²) in [6, 6.07) is 13.7. The molecular weight excluding hydrogens is 343 g/mol. The van der Waals surface area contributed by atoms with E-state index >= 15 is 0 Å². The van der Waals surface area contributed by atoms with Crippen molar-refractivity contribution < 1.29 is 14.3 Å². The fourth-order valence-corrected chi connectivity index (χ4v) is 2.86. The standard InChI is InChI=1S/C19H16ClFN2O2/c20-15-7-2-8-16(21)14(15)10-17(24)19(25)23-11-13-5-1-4-12-6-3-9-22-18(12)13/h1-9,17,24H,10-11H2,(H,23,25). The predicted molar refractivity (Wildman–Crippen MR) is 94.7 cm³/mol. The second kappa shape index (κ2) is 7.59. The Labute approximate surface area is 149 Å². The van der Waals surface area contributed by atoms with Crippen LogP contribution >= 0.6 is 11.6 Å². The van der Waals surface area contributed by atoms with E-state index in [4.69, 9.17) is 11.6 Å². The minimum absolute atomic E-state index is 0.124. The van der Waals surface area contributed by atoms with Crippen molar-refractivity contribution >= 4 is 28.4 Å². The molecule has 0 spiro atoms. The van der Waals surface area contributed by atoms with Crippen molar-refractivity contribution in [1.82, 2.24) is 10.3 Å². The molecule has 0 aliphatic rings. The fraction of sp³-hybridized carbons (Fsp3) is 0.158. The van der Waals surface area contributed by atoms with Gasteiger partial charge < -0.3 is 10.4 Å². The van der Waals surface area contributed by atoms with E-state index in [1.54, 1.807) is 6.20 Å². The average Bonchev–Trinajstić information content (AvgIpc) is 2.62. The predicted octanol–water partition coefficient (Wildman–Crippen LogP) is 3.25. The van der Waals surface area contributed by atoms with Crippen LogP contribution in [0.1, 0.15) is 11.1 Å². The van der Waals surface area contributed by atoms with Crippen LogP contribution in [0.5, 0.6) is 0 Å². The number of benzene rings is 2. The highest BCUT2D eigenvalue weighted by molar-refractivity contribution is 6.31. The molecule has 0 aliphatic heterocycles. The molecule has 6 heteroatoms. The molecule has 0 radical (unpaired) electrons. The van der Waals surface area contributed by atoms with Gasteiger partial charge in [0.2, 0.25) is 5.91 Å². The van der Waals surface area contributed by atoms with Crippen molar-refractivity contribution in [3.63, 3.8) is 0 Å². The SMILES string of the molecule is O=C(NCc1cccc2cccnc12)C(O)Cc1c(F)cccc1Cl. The monoisotopic (exact) mass is 358 g/mol. The first-order chi connectivity index (χ1) is 12.1. The van der Waals surface area contributed by atoms with Gasteiger partial charge in [-0.25, -0.2) is 4.39 Å². The van der Waals surface area contributed by atoms with E-state index in [1.807, 2.05) is 30.3 Å². The van der Waals surface area contributed by atoms with Crippen molar-refractivity contribution in [3.05, 3.63) is 76.7 Å². The number of fused-ring (bicyclic) bond motifs is 1. The third-order valence-corrected chi connectivity index (χ3v) is 4.29. The second-order valence-electron chi connectivity index (χ2n) is 5.63. The van der Waals surface area contributed by atoms with Crippen LogP contribution in [0.2, 0.25) is 5.02 Å². The van der Waals surface area contributed by atoms with Crippen LogP contribution in [-0.2, 0) is 17.8 Å². The fourth-order valence-electron chi connectivity index (χ4n) is 2.62. The topological polar surface area (TPSA) is 62.2 Å². The number of aromatic nitrogens is 1. The zero-order valence-electron chi connectivity index (χ0n) is 13.2. The Kier molecular flexibility index (Phi) is 5.26. The van der Waals surface area contributed by atoms with Gasteiger partial charge in [-0.3, -0.25) is 9.78 Å². The van der Waals surface area contributed by atoms with Crippen molar-refractivity contribution in [2.75, 3.05) is 0 Å². The van der Waals surface area contributed by atoms with Gasteiger partial charge in [-0.15, -0.1) is 0 Å². The zero-order chi connectivity index (χ0) is 17.8. The van der Waals surface area contributed by atoms with Crippen LogP contribution in [-0.4, -0.2) is 22.1 Å². The number of carbonyl (C=O) groups excluding carboxylic acids is 1. The van der Waals surface area contributed by atoms with Gasteiger partial charge in [-0.2, -0.15) is 0 Å². The molecule has 2 aromatic carbocycles. The number of nitrogens with one attached hydrogen (secondary N) is 1. The van der Waals surface area contributed by atoms with Crippen LogP contribution in [0.3, 0.4) is 0 Å². The lowest BCUT2D eigenvalue weighted by molar-refractivity contribution is -0.129. The Morgan fingerprint density at radius 2 is 1.96 bits per heavy atom. The summed E-state index contributed by atoms with van der Waals surface area (Å²) in [7, 11) is 0. The van der Waals surface area contributed by atoms with Gasteiger partial charge in [0.05, 0.1) is 5.52 Å². The highest BCUT2D eigenvalue weighted by Crippen LogP contribution is 2.21. The third-order valence-electron chi connectivity index (χ3n) is 3.93. The molecule has 0 saturated carbocycles. The van der Waals surface area contributed by atoms with Crippen LogP contribution in [0.25, 0.3) is 10.9 Å². The maximum absolute atomic E-state index is 13.8. The number of hydrogen-bond donors (Lipinski definition) is 2. The van der Waals surface area contributed by atoms with E-state index in [2.05, 4.69) is 10.3 Å². The normalized spacial score (nSPS) is 12.1. The van der Waals surface area contributed by atoms with Crippen molar-refractivity contribution in [1.29, 1.82) is 0 Å². The molecule has 2 N–H and O–H groups in total. The Morgan fingerprint density at radius 3 is 2.76 bits per heavy atom. The first-order valence-electron chi connectivity index (χ1n) is 7.77. The molecule has 3 rings (SSSR count). The van der Waals surface area contributed by atoms with E-state index in [1.165, 1.54) is 18.2 Å². The van der Waals surface area contributed by atoms with Crippen LogP contribution < -0.4 is 5.32 Å². The summed E-state index contributed by atoms with van der Waals surface area (Å²) in [5, 5.41) is 13.9. The van der Waals surface area contributed by atoms with E-state index in [9.17, 15) is 14.3 Å². The van der Waals surface area contributed by atoms with Gasteiger partial charge >= 0.3 is 0 Å². The number of hydrogen-bond acceptors (Lipinski definition) is 3. The maximum atomic E-state index is 13.8. The molecule has 128 valence electrons. The number of rotatable bonds is 5. The molecule has 1 amide bonds. The highest BCUT2D eigenvalue weighted by atomic mass is 35.5. The largest absolute Gasteiger partial charge is 0.383 e. The number of halogens is 2. The molecule has 0 fully saturated rings. The summed E-state index contributed by atoms with van der Waals surface area (Å²) in [5.41, 5.74) is 1.75. The number of aliphatic hydroxyl groups is 1. The van der Waals surface area contributed by atoms with Gasteiger partial charge in [-0.1, -0.05) is 41.9 Å². The van der Waals surface area contributed by atoms with Crippen LogP contribution in [0, 0.1) is 5.82 Å². The number of nitrogens with zero attached hydrogens (tertiary/aromatic N) is 1. The summed E-state index contributed by atoms with van der Waals surface area (Å²) < 4.78 is 13.8. The molecular formula is C19H16ClFN2O2. The molecule has 0 aliphatic carbocycles. The van der Waals surface area contributed by atoms with Crippen LogP contribution in [0.4, 0.5) is 4.39 Å². The van der Waals surface area contributed by atoms with Gasteiger partial charge in [0, 0.05) is 35.1 Å². The lowest BCUT2D eigenvalue weighted by atomic mass is 10.1. The molecule has 1 atom stereocenters. The number of pyridine rings is 1. The molecule has 1 unspecified atom stereocenters. The van der Waals surface area contributed by atoms with Crippen molar-refractivity contribution in [3.8, 4) is 0 Å². The Bertz CT molecular complexity index is 891. The number of amides is 1. The van der Waals surface area contributed by atoms with Gasteiger partial charge in [0.1, 0.15) is 11.9 Å². The molecule has 3 aromatic rings. The third kappa shape index (κ3) is 3.95. The summed E-state index contributed by atoms with van der Waals surface area (Å²) in [4.78, 5) is 16.4.